The molecule has 0 radical (unpaired) electrons. The summed E-state index contributed by atoms with van der Waals surface area (Å²) in [6, 6.07) is 6.22. The van der Waals surface area contributed by atoms with Crippen LogP contribution in [-0.2, 0) is 6.42 Å². The number of amidine groups is 1. The van der Waals surface area contributed by atoms with Crippen molar-refractivity contribution in [2.75, 3.05) is 18.9 Å². The van der Waals surface area contributed by atoms with Gasteiger partial charge in [0.2, 0.25) is 0 Å². The molecule has 1 aliphatic rings. The lowest BCUT2D eigenvalue weighted by Gasteiger charge is -2.26. The summed E-state index contributed by atoms with van der Waals surface area (Å²) >= 11 is 0. The fourth-order valence-corrected chi connectivity index (χ4v) is 3.97. The Labute approximate surface area is 197 Å². The first kappa shape index (κ1) is 24.4. The van der Waals surface area contributed by atoms with Crippen LogP contribution in [0.5, 0.6) is 0 Å². The van der Waals surface area contributed by atoms with E-state index in [1.807, 2.05) is 12.3 Å². The van der Waals surface area contributed by atoms with Gasteiger partial charge in [0.1, 0.15) is 12.2 Å². The molecule has 7 heteroatoms. The zero-order valence-corrected chi connectivity index (χ0v) is 20.6. The smallest absolute Gasteiger partial charge is 0.120 e. The van der Waals surface area contributed by atoms with E-state index < -0.39 is 0 Å². The van der Waals surface area contributed by atoms with Crippen LogP contribution >= 0.6 is 0 Å². The van der Waals surface area contributed by atoms with Crippen LogP contribution in [-0.4, -0.2) is 40.7 Å². The molecule has 4 rings (SSSR count). The van der Waals surface area contributed by atoms with Crippen LogP contribution in [0.3, 0.4) is 0 Å². The Balaban J connectivity index is 0.000000968. The minimum atomic E-state index is 0.423. The number of pyridine rings is 2. The van der Waals surface area contributed by atoms with Gasteiger partial charge in [0.25, 0.3) is 0 Å². The largest absolute Gasteiger partial charge is 0.386 e. The lowest BCUT2D eigenvalue weighted by atomic mass is 9.80. The topological polar surface area (TPSA) is 104 Å². The number of rotatable bonds is 7. The number of nitrogens with two attached hydrogens (primary N) is 1. The Morgan fingerprint density at radius 1 is 1.30 bits per heavy atom. The van der Waals surface area contributed by atoms with Crippen molar-refractivity contribution in [1.82, 2.24) is 15.0 Å². The van der Waals surface area contributed by atoms with Gasteiger partial charge < -0.3 is 16.0 Å². The SMILES string of the molecule is CCC.CCc1[nH]c2c(NCC(N)=NC=NC)cc(-c3cccnc3C3CCC3)nc2c1C. The van der Waals surface area contributed by atoms with Crippen molar-refractivity contribution in [3.8, 4) is 11.3 Å². The van der Waals surface area contributed by atoms with Crippen LogP contribution < -0.4 is 11.1 Å². The van der Waals surface area contributed by atoms with E-state index in [9.17, 15) is 0 Å². The average molecular weight is 448 g/mol. The van der Waals surface area contributed by atoms with Crippen molar-refractivity contribution in [3.63, 3.8) is 0 Å². The van der Waals surface area contributed by atoms with Crippen LogP contribution in [0.15, 0.2) is 34.4 Å². The molecular weight excluding hydrogens is 410 g/mol. The zero-order chi connectivity index (χ0) is 23.8. The number of H-pyrrole nitrogens is 1. The molecule has 0 atom stereocenters. The number of aromatic amines is 1. The molecule has 0 unspecified atom stereocenters. The fraction of sp³-hybridized carbons (Fsp3) is 0.462. The maximum Gasteiger partial charge on any atom is 0.120 e. The predicted octanol–water partition coefficient (Wildman–Crippen LogP) is 5.61. The summed E-state index contributed by atoms with van der Waals surface area (Å²) in [5, 5.41) is 3.44. The molecule has 7 nitrogen and oxygen atoms in total. The van der Waals surface area contributed by atoms with Gasteiger partial charge in [0.05, 0.1) is 34.7 Å². The van der Waals surface area contributed by atoms with E-state index in [2.05, 4.69) is 60.1 Å². The highest BCUT2D eigenvalue weighted by molar-refractivity contribution is 5.97. The third kappa shape index (κ3) is 5.59. The third-order valence-electron chi connectivity index (χ3n) is 5.86. The number of aryl methyl sites for hydroxylation is 2. The maximum atomic E-state index is 6.01. The van der Waals surface area contributed by atoms with Gasteiger partial charge in [-0.3, -0.25) is 9.98 Å². The van der Waals surface area contributed by atoms with E-state index in [0.29, 0.717) is 18.3 Å². The van der Waals surface area contributed by atoms with E-state index in [4.69, 9.17) is 15.7 Å². The van der Waals surface area contributed by atoms with Gasteiger partial charge in [-0.15, -0.1) is 0 Å². The van der Waals surface area contributed by atoms with E-state index >= 15 is 0 Å². The molecule has 0 spiro atoms. The number of aliphatic imine (C=N–C) groups is 2. The fourth-order valence-electron chi connectivity index (χ4n) is 3.97. The Morgan fingerprint density at radius 2 is 2.06 bits per heavy atom. The standard InChI is InChI=1S/C23H29N7.C3H8/c1-4-17-14(2)21-23(29-17)19(27-12-20(24)28-13-25-3)11-18(30-21)16-9-6-10-26-22(16)15-7-5-8-15;1-3-2/h6,9-11,13,15,29H,4-5,7-8,12H2,1-3H3,(H,27,30)(H2,24,25,28);3H2,1-2H3. The molecule has 33 heavy (non-hydrogen) atoms. The van der Waals surface area contributed by atoms with Crippen molar-refractivity contribution in [3.05, 3.63) is 41.3 Å². The van der Waals surface area contributed by atoms with E-state index in [1.165, 1.54) is 43.3 Å². The number of fused-ring (bicyclic) bond motifs is 1. The number of hydrogen-bond donors (Lipinski definition) is 3. The quantitative estimate of drug-likeness (QED) is 0.323. The first-order chi connectivity index (χ1) is 16.0. The van der Waals surface area contributed by atoms with Crippen molar-refractivity contribution in [2.24, 2.45) is 15.7 Å². The third-order valence-corrected chi connectivity index (χ3v) is 5.86. The molecule has 1 saturated carbocycles. The summed E-state index contributed by atoms with van der Waals surface area (Å²) < 4.78 is 0. The average Bonchev–Trinajstić information content (AvgIpc) is 3.11. The van der Waals surface area contributed by atoms with E-state index in [1.54, 1.807) is 7.05 Å². The molecule has 3 aromatic rings. The molecule has 176 valence electrons. The van der Waals surface area contributed by atoms with Crippen molar-refractivity contribution >= 4 is 28.9 Å². The number of nitrogens with one attached hydrogen (secondary N) is 2. The second kappa shape index (κ2) is 11.6. The van der Waals surface area contributed by atoms with Gasteiger partial charge in [-0.25, -0.2) is 9.98 Å². The normalized spacial score (nSPS) is 14.3. The van der Waals surface area contributed by atoms with Crippen LogP contribution in [0, 0.1) is 6.92 Å². The van der Waals surface area contributed by atoms with E-state index in [0.717, 1.165) is 40.1 Å². The first-order valence-electron chi connectivity index (χ1n) is 12.0. The Hall–Kier alpha value is -3.22. The van der Waals surface area contributed by atoms with Gasteiger partial charge in [-0.05, 0) is 49.9 Å². The Bertz CT molecular complexity index is 1120. The maximum absolute atomic E-state index is 6.01. The molecular formula is C26H37N7. The molecule has 1 aliphatic carbocycles. The van der Waals surface area contributed by atoms with Crippen molar-refractivity contribution in [2.45, 2.75) is 65.7 Å². The molecule has 4 N–H and O–H groups in total. The zero-order valence-electron chi connectivity index (χ0n) is 20.6. The van der Waals surface area contributed by atoms with Gasteiger partial charge in [0, 0.05) is 30.4 Å². The van der Waals surface area contributed by atoms with Gasteiger partial charge in [-0.1, -0.05) is 33.6 Å². The second-order valence-electron chi connectivity index (χ2n) is 8.48. The van der Waals surface area contributed by atoms with Gasteiger partial charge in [0.15, 0.2) is 0 Å². The van der Waals surface area contributed by atoms with Crippen molar-refractivity contribution in [1.29, 1.82) is 0 Å². The molecule has 3 heterocycles. The second-order valence-corrected chi connectivity index (χ2v) is 8.48. The Morgan fingerprint density at radius 3 is 2.70 bits per heavy atom. The Kier molecular flexibility index (Phi) is 8.58. The van der Waals surface area contributed by atoms with Crippen LogP contribution in [0.2, 0.25) is 0 Å². The predicted molar refractivity (Wildman–Crippen MR) is 141 cm³/mol. The van der Waals surface area contributed by atoms with Crippen LogP contribution in [0.4, 0.5) is 5.69 Å². The molecule has 3 aromatic heterocycles. The van der Waals surface area contributed by atoms with Gasteiger partial charge in [-0.2, -0.15) is 0 Å². The molecule has 0 amide bonds. The highest BCUT2D eigenvalue weighted by Crippen LogP contribution is 2.40. The molecule has 1 fully saturated rings. The van der Waals surface area contributed by atoms with Crippen LogP contribution in [0.25, 0.3) is 22.3 Å². The summed E-state index contributed by atoms with van der Waals surface area (Å²) in [7, 11) is 1.67. The van der Waals surface area contributed by atoms with Crippen LogP contribution in [0.1, 0.15) is 69.3 Å². The summed E-state index contributed by atoms with van der Waals surface area (Å²) in [5.41, 5.74) is 14.6. The molecule has 0 aromatic carbocycles. The van der Waals surface area contributed by atoms with E-state index in [-0.39, 0.29) is 0 Å². The minimum Gasteiger partial charge on any atom is -0.386 e. The molecule has 0 aliphatic heterocycles. The number of aromatic nitrogens is 3. The van der Waals surface area contributed by atoms with Gasteiger partial charge >= 0.3 is 0 Å². The lowest BCUT2D eigenvalue weighted by molar-refractivity contribution is 0.412. The van der Waals surface area contributed by atoms with Crippen molar-refractivity contribution < 1.29 is 0 Å². The highest BCUT2D eigenvalue weighted by atomic mass is 15.0. The first-order valence-corrected chi connectivity index (χ1v) is 12.0. The lowest BCUT2D eigenvalue weighted by Crippen LogP contribution is -2.23. The highest BCUT2D eigenvalue weighted by Gasteiger charge is 2.25. The molecule has 0 bridgehead atoms. The summed E-state index contributed by atoms with van der Waals surface area (Å²) in [6.45, 7) is 8.95. The summed E-state index contributed by atoms with van der Waals surface area (Å²) in [6.07, 6.45) is 9.19. The summed E-state index contributed by atoms with van der Waals surface area (Å²) in [4.78, 5) is 21.3. The minimum absolute atomic E-state index is 0.423. The monoisotopic (exact) mass is 447 g/mol. The number of hydrogen-bond acceptors (Lipinski definition) is 4. The summed E-state index contributed by atoms with van der Waals surface area (Å²) in [5.74, 6) is 1.01. The number of nitrogens with zero attached hydrogens (tertiary/aromatic N) is 4. The number of anilines is 1. The molecule has 0 saturated heterocycles.